The van der Waals surface area contributed by atoms with Gasteiger partial charge in [-0.15, -0.1) is 11.3 Å². The van der Waals surface area contributed by atoms with Crippen molar-refractivity contribution in [3.8, 4) is 22.0 Å². The number of rotatable bonds is 8. The summed E-state index contributed by atoms with van der Waals surface area (Å²) in [7, 11) is 1.82. The van der Waals surface area contributed by atoms with E-state index in [0.29, 0.717) is 6.54 Å². The van der Waals surface area contributed by atoms with E-state index in [9.17, 15) is 4.79 Å². The molecule has 0 aliphatic rings. The molecule has 30 heavy (non-hydrogen) atoms. The van der Waals surface area contributed by atoms with Gasteiger partial charge in [0.1, 0.15) is 17.2 Å². The number of thiazole rings is 1. The zero-order chi connectivity index (χ0) is 20.9. The Balaban J connectivity index is 1.25. The molecule has 0 saturated carbocycles. The topological polar surface area (TPSA) is 72.4 Å². The van der Waals surface area contributed by atoms with Crippen molar-refractivity contribution < 1.29 is 13.7 Å². The molecule has 3 heterocycles. The fourth-order valence-corrected chi connectivity index (χ4v) is 3.91. The van der Waals surface area contributed by atoms with Crippen molar-refractivity contribution in [2.45, 2.75) is 26.2 Å². The Hall–Kier alpha value is -3.19. The molecular formula is C23H23N3O3S. The van der Waals surface area contributed by atoms with Crippen LogP contribution in [0.3, 0.4) is 0 Å². The third-order valence-corrected chi connectivity index (χ3v) is 5.71. The van der Waals surface area contributed by atoms with Crippen molar-refractivity contribution in [1.82, 2.24) is 15.0 Å². The summed E-state index contributed by atoms with van der Waals surface area (Å²) >= 11 is 1.49. The highest BCUT2D eigenvalue weighted by Crippen LogP contribution is 2.26. The van der Waals surface area contributed by atoms with Gasteiger partial charge in [0, 0.05) is 37.0 Å². The number of benzene rings is 1. The Bertz CT molecular complexity index is 1110. The third kappa shape index (κ3) is 4.86. The molecule has 4 aromatic rings. The molecule has 0 saturated heterocycles. The molecule has 0 bridgehead atoms. The van der Waals surface area contributed by atoms with Gasteiger partial charge in [-0.25, -0.2) is 4.98 Å². The molecule has 0 aliphatic heterocycles. The smallest absolute Gasteiger partial charge is 0.228 e. The third-order valence-electron chi connectivity index (χ3n) is 4.81. The number of nitrogens with zero attached hydrogens (tertiary/aromatic N) is 3. The zero-order valence-electron chi connectivity index (χ0n) is 17.0. The van der Waals surface area contributed by atoms with Crippen molar-refractivity contribution in [3.63, 3.8) is 0 Å². The fraction of sp³-hybridized carbons (Fsp3) is 0.261. The maximum atomic E-state index is 12.5. The number of aromatic nitrogens is 2. The van der Waals surface area contributed by atoms with Crippen molar-refractivity contribution in [2.75, 3.05) is 13.6 Å². The number of hydrogen-bond donors (Lipinski definition) is 0. The van der Waals surface area contributed by atoms with Crippen LogP contribution in [0.25, 0.3) is 22.0 Å². The van der Waals surface area contributed by atoms with E-state index in [1.807, 2.05) is 67.9 Å². The molecule has 1 amide bonds. The maximum absolute atomic E-state index is 12.5. The van der Waals surface area contributed by atoms with E-state index in [-0.39, 0.29) is 12.3 Å². The summed E-state index contributed by atoms with van der Waals surface area (Å²) in [6.45, 7) is 2.55. The molecule has 0 spiro atoms. The average molecular weight is 422 g/mol. The molecule has 0 unspecified atom stereocenters. The predicted molar refractivity (Wildman–Crippen MR) is 116 cm³/mol. The van der Waals surface area contributed by atoms with Crippen LogP contribution >= 0.6 is 11.3 Å². The van der Waals surface area contributed by atoms with Gasteiger partial charge in [-0.2, -0.15) is 0 Å². The van der Waals surface area contributed by atoms with E-state index < -0.39 is 0 Å². The lowest BCUT2D eigenvalue weighted by Crippen LogP contribution is -2.29. The molecule has 4 rings (SSSR count). The quantitative estimate of drug-likeness (QED) is 0.400. The molecule has 3 aromatic heterocycles. The zero-order valence-corrected chi connectivity index (χ0v) is 17.8. The van der Waals surface area contributed by atoms with Gasteiger partial charge in [-0.3, -0.25) is 4.79 Å². The van der Waals surface area contributed by atoms with Gasteiger partial charge in [0.25, 0.3) is 0 Å². The Morgan fingerprint density at radius 2 is 2.00 bits per heavy atom. The molecule has 1 aromatic carbocycles. The van der Waals surface area contributed by atoms with E-state index in [0.717, 1.165) is 52.1 Å². The largest absolute Gasteiger partial charge is 0.459 e. The lowest BCUT2D eigenvalue weighted by Gasteiger charge is -2.16. The van der Waals surface area contributed by atoms with E-state index in [1.54, 1.807) is 4.90 Å². The molecule has 0 radical (unpaired) electrons. The summed E-state index contributed by atoms with van der Waals surface area (Å²) in [6, 6.07) is 15.7. The predicted octanol–water partition coefficient (Wildman–Crippen LogP) is 5.00. The minimum atomic E-state index is 0.0463. The van der Waals surface area contributed by atoms with E-state index in [2.05, 4.69) is 10.1 Å². The minimum Gasteiger partial charge on any atom is -0.459 e. The summed E-state index contributed by atoms with van der Waals surface area (Å²) in [5.74, 6) is 2.46. The van der Waals surface area contributed by atoms with Crippen LogP contribution in [0.5, 0.6) is 0 Å². The Labute approximate surface area is 179 Å². The number of furan rings is 1. The molecule has 154 valence electrons. The minimum absolute atomic E-state index is 0.0463. The molecule has 6 nitrogen and oxygen atoms in total. The van der Waals surface area contributed by atoms with Crippen LogP contribution in [0.1, 0.15) is 23.6 Å². The van der Waals surface area contributed by atoms with Gasteiger partial charge < -0.3 is 13.8 Å². The monoisotopic (exact) mass is 421 g/mol. The van der Waals surface area contributed by atoms with Gasteiger partial charge in [0.2, 0.25) is 5.91 Å². The summed E-state index contributed by atoms with van der Waals surface area (Å²) in [6.07, 6.45) is 1.82. The van der Waals surface area contributed by atoms with Gasteiger partial charge >= 0.3 is 0 Å². The SMILES string of the molecule is Cc1ccc(-c2nc(CC(=O)N(C)CCCc3cc(-c4ccccc4)no3)cs2)o1. The average Bonchev–Trinajstić information content (AvgIpc) is 3.50. The molecule has 0 fully saturated rings. The van der Waals surface area contributed by atoms with Crippen LogP contribution in [-0.4, -0.2) is 34.5 Å². The van der Waals surface area contributed by atoms with Crippen LogP contribution in [0.2, 0.25) is 0 Å². The fourth-order valence-electron chi connectivity index (χ4n) is 3.13. The molecule has 0 aliphatic carbocycles. The van der Waals surface area contributed by atoms with Crippen LogP contribution in [0.4, 0.5) is 0 Å². The Morgan fingerprint density at radius 1 is 1.17 bits per heavy atom. The van der Waals surface area contributed by atoms with Crippen LogP contribution < -0.4 is 0 Å². The summed E-state index contributed by atoms with van der Waals surface area (Å²) in [4.78, 5) is 18.8. The first-order valence-electron chi connectivity index (χ1n) is 9.84. The molecular weight excluding hydrogens is 398 g/mol. The van der Waals surface area contributed by atoms with Crippen LogP contribution in [0, 0.1) is 6.92 Å². The Kier molecular flexibility index (Phi) is 6.09. The highest BCUT2D eigenvalue weighted by Gasteiger charge is 2.14. The normalized spacial score (nSPS) is 11.0. The summed E-state index contributed by atoms with van der Waals surface area (Å²) in [5.41, 5.74) is 2.64. The number of carbonyl (C=O) groups is 1. The molecule has 0 atom stereocenters. The van der Waals surface area contributed by atoms with Crippen LogP contribution in [-0.2, 0) is 17.6 Å². The number of amides is 1. The first kappa shape index (κ1) is 20.1. The van der Waals surface area contributed by atoms with Crippen molar-refractivity contribution in [3.05, 3.63) is 71.1 Å². The van der Waals surface area contributed by atoms with Gasteiger partial charge in [-0.1, -0.05) is 35.5 Å². The van der Waals surface area contributed by atoms with Crippen LogP contribution in [0.15, 0.2) is 62.9 Å². The number of likely N-dealkylation sites (N-methyl/N-ethyl adjacent to an activating group) is 1. The first-order chi connectivity index (χ1) is 14.6. The van der Waals surface area contributed by atoms with Gasteiger partial charge in [-0.05, 0) is 25.5 Å². The van der Waals surface area contributed by atoms with Crippen molar-refractivity contribution in [1.29, 1.82) is 0 Å². The standard InChI is InChI=1S/C23H23N3O3S/c1-16-10-11-21(28-16)23-24-18(15-30-23)13-22(27)26(2)12-6-9-19-14-20(25-29-19)17-7-4-3-5-8-17/h3-5,7-8,10-11,14-15H,6,9,12-13H2,1-2H3. The first-order valence-corrected chi connectivity index (χ1v) is 10.7. The Morgan fingerprint density at radius 3 is 2.77 bits per heavy atom. The van der Waals surface area contributed by atoms with Gasteiger partial charge in [0.15, 0.2) is 10.8 Å². The highest BCUT2D eigenvalue weighted by atomic mass is 32.1. The van der Waals surface area contributed by atoms with E-state index in [4.69, 9.17) is 8.94 Å². The van der Waals surface area contributed by atoms with Crippen molar-refractivity contribution >= 4 is 17.2 Å². The lowest BCUT2D eigenvalue weighted by molar-refractivity contribution is -0.129. The second-order valence-electron chi connectivity index (χ2n) is 7.19. The number of carbonyl (C=O) groups excluding carboxylic acids is 1. The molecule has 7 heteroatoms. The number of hydrogen-bond acceptors (Lipinski definition) is 6. The number of aryl methyl sites for hydroxylation is 2. The summed E-state index contributed by atoms with van der Waals surface area (Å²) in [5, 5.41) is 6.85. The van der Waals surface area contributed by atoms with E-state index in [1.165, 1.54) is 11.3 Å². The summed E-state index contributed by atoms with van der Waals surface area (Å²) < 4.78 is 11.0. The van der Waals surface area contributed by atoms with Gasteiger partial charge in [0.05, 0.1) is 12.1 Å². The second kappa shape index (κ2) is 9.09. The van der Waals surface area contributed by atoms with E-state index >= 15 is 0 Å². The van der Waals surface area contributed by atoms with Crippen molar-refractivity contribution in [2.24, 2.45) is 0 Å². The molecule has 0 N–H and O–H groups in total. The maximum Gasteiger partial charge on any atom is 0.228 e. The lowest BCUT2D eigenvalue weighted by atomic mass is 10.1. The second-order valence-corrected chi connectivity index (χ2v) is 8.05. The highest BCUT2D eigenvalue weighted by molar-refractivity contribution is 7.13.